The maximum absolute atomic E-state index is 12.1. The summed E-state index contributed by atoms with van der Waals surface area (Å²) in [6, 6.07) is 2.77. The topological polar surface area (TPSA) is 119 Å². The number of hydrogen-bond donors (Lipinski definition) is 2. The molecule has 9 heteroatoms. The summed E-state index contributed by atoms with van der Waals surface area (Å²) < 4.78 is 0. The molecular weight excluding hydrogens is 295 g/mol. The van der Waals surface area contributed by atoms with Crippen LogP contribution in [0.1, 0.15) is 10.5 Å². The lowest BCUT2D eigenvalue weighted by Gasteiger charge is -2.19. The average Bonchev–Trinajstić information content (AvgIpc) is 2.29. The van der Waals surface area contributed by atoms with E-state index in [1.54, 1.807) is 0 Å². The van der Waals surface area contributed by atoms with Crippen molar-refractivity contribution in [2.75, 3.05) is 13.1 Å². The van der Waals surface area contributed by atoms with E-state index < -0.39 is 30.8 Å². The van der Waals surface area contributed by atoms with Gasteiger partial charge in [0.15, 0.2) is 0 Å². The van der Waals surface area contributed by atoms with Gasteiger partial charge in [0.2, 0.25) is 11.8 Å². The number of carbonyl (C=O) groups excluding carboxylic acids is 3. The molecule has 7 nitrogen and oxygen atoms in total. The first kappa shape index (κ1) is 15.2. The minimum absolute atomic E-state index is 0.0355. The van der Waals surface area contributed by atoms with E-state index in [-0.39, 0.29) is 15.9 Å². The first-order chi connectivity index (χ1) is 8.81. The van der Waals surface area contributed by atoms with Gasteiger partial charge in [0, 0.05) is 0 Å². The number of primary amides is 2. The maximum Gasteiger partial charge on any atom is 0.275 e. The van der Waals surface area contributed by atoms with E-state index >= 15 is 0 Å². The zero-order valence-electron chi connectivity index (χ0n) is 9.60. The van der Waals surface area contributed by atoms with Crippen molar-refractivity contribution in [2.24, 2.45) is 11.5 Å². The van der Waals surface area contributed by atoms with Gasteiger partial charge in [-0.05, 0) is 12.1 Å². The molecule has 1 heterocycles. The molecule has 0 unspecified atom stereocenters. The van der Waals surface area contributed by atoms with Crippen LogP contribution < -0.4 is 11.5 Å². The fourth-order valence-electron chi connectivity index (χ4n) is 1.29. The van der Waals surface area contributed by atoms with E-state index in [0.29, 0.717) is 0 Å². The molecule has 0 bridgehead atoms. The number of amides is 3. The Balaban J connectivity index is 3.07. The molecule has 1 rings (SSSR count). The third kappa shape index (κ3) is 4.38. The van der Waals surface area contributed by atoms with Crippen molar-refractivity contribution in [3.8, 4) is 0 Å². The molecule has 0 radical (unpaired) electrons. The quantitative estimate of drug-likeness (QED) is 0.732. The Morgan fingerprint density at radius 2 is 1.63 bits per heavy atom. The molecule has 0 aliphatic heterocycles. The number of nitrogens with two attached hydrogens (primary N) is 2. The molecule has 0 atom stereocenters. The fourth-order valence-corrected chi connectivity index (χ4v) is 1.63. The van der Waals surface area contributed by atoms with Crippen LogP contribution in [-0.4, -0.2) is 40.7 Å². The summed E-state index contributed by atoms with van der Waals surface area (Å²) in [4.78, 5) is 38.4. The van der Waals surface area contributed by atoms with Gasteiger partial charge in [0.1, 0.15) is 23.9 Å². The fraction of sp³-hybridized carbons (Fsp3) is 0.200. The Kier molecular flexibility index (Phi) is 5.08. The van der Waals surface area contributed by atoms with Crippen LogP contribution in [0.4, 0.5) is 0 Å². The standard InChI is InChI=1S/C10H10Cl2N4O3/c11-5-1-2-6(12)15-9(5)10(19)16(3-7(13)17)4-8(14)18/h1-2H,3-4H2,(H2,13,17)(H2,14,18). The number of rotatable bonds is 5. The van der Waals surface area contributed by atoms with Gasteiger partial charge in [-0.1, -0.05) is 23.2 Å². The second kappa shape index (κ2) is 6.35. The molecule has 0 fully saturated rings. The van der Waals surface area contributed by atoms with Gasteiger partial charge in [-0.2, -0.15) is 0 Å². The van der Waals surface area contributed by atoms with E-state index in [1.807, 2.05) is 0 Å². The summed E-state index contributed by atoms with van der Waals surface area (Å²) in [5.41, 5.74) is 9.79. The maximum atomic E-state index is 12.1. The summed E-state index contributed by atoms with van der Waals surface area (Å²) in [6.07, 6.45) is 0. The van der Waals surface area contributed by atoms with Crippen molar-refractivity contribution in [1.29, 1.82) is 0 Å². The zero-order valence-corrected chi connectivity index (χ0v) is 11.1. The summed E-state index contributed by atoms with van der Waals surface area (Å²) in [6.45, 7) is -0.960. The molecule has 3 amide bonds. The number of hydrogen-bond acceptors (Lipinski definition) is 4. The first-order valence-corrected chi connectivity index (χ1v) is 5.74. The van der Waals surface area contributed by atoms with Gasteiger partial charge in [0.25, 0.3) is 5.91 Å². The van der Waals surface area contributed by atoms with Crippen LogP contribution in [0, 0.1) is 0 Å². The van der Waals surface area contributed by atoms with Crippen LogP contribution in [0.2, 0.25) is 10.2 Å². The van der Waals surface area contributed by atoms with Gasteiger partial charge >= 0.3 is 0 Å². The minimum Gasteiger partial charge on any atom is -0.368 e. The number of pyridine rings is 1. The lowest BCUT2D eigenvalue weighted by Crippen LogP contribution is -2.43. The van der Waals surface area contributed by atoms with E-state index in [0.717, 1.165) is 4.90 Å². The van der Waals surface area contributed by atoms with Crippen molar-refractivity contribution in [2.45, 2.75) is 0 Å². The lowest BCUT2D eigenvalue weighted by atomic mass is 10.3. The lowest BCUT2D eigenvalue weighted by molar-refractivity contribution is -0.121. The smallest absolute Gasteiger partial charge is 0.275 e. The summed E-state index contributed by atoms with van der Waals surface area (Å²) in [5, 5.41) is 0.0826. The van der Waals surface area contributed by atoms with Crippen molar-refractivity contribution in [3.05, 3.63) is 28.0 Å². The molecule has 1 aromatic rings. The van der Waals surface area contributed by atoms with Gasteiger partial charge in [-0.25, -0.2) is 4.98 Å². The highest BCUT2D eigenvalue weighted by atomic mass is 35.5. The Morgan fingerprint density at radius 1 is 1.11 bits per heavy atom. The van der Waals surface area contributed by atoms with E-state index in [4.69, 9.17) is 34.7 Å². The Bertz CT molecular complexity index is 520. The molecular formula is C10H10Cl2N4O3. The molecule has 0 aliphatic carbocycles. The minimum atomic E-state index is -0.798. The van der Waals surface area contributed by atoms with E-state index in [2.05, 4.69) is 4.98 Å². The van der Waals surface area contributed by atoms with Crippen molar-refractivity contribution in [3.63, 3.8) is 0 Å². The monoisotopic (exact) mass is 304 g/mol. The molecule has 19 heavy (non-hydrogen) atoms. The Morgan fingerprint density at radius 3 is 2.11 bits per heavy atom. The molecule has 4 N–H and O–H groups in total. The summed E-state index contributed by atoms with van der Waals surface area (Å²) >= 11 is 11.5. The predicted molar refractivity (Wildman–Crippen MR) is 68.5 cm³/mol. The van der Waals surface area contributed by atoms with Crippen LogP contribution in [0.15, 0.2) is 12.1 Å². The SMILES string of the molecule is NC(=O)CN(CC(N)=O)C(=O)c1nc(Cl)ccc1Cl. The molecule has 0 saturated heterocycles. The highest BCUT2D eigenvalue weighted by molar-refractivity contribution is 6.34. The molecule has 0 aromatic carbocycles. The molecule has 0 spiro atoms. The van der Waals surface area contributed by atoms with Crippen molar-refractivity contribution < 1.29 is 14.4 Å². The third-order valence-electron chi connectivity index (χ3n) is 2.00. The number of nitrogens with zero attached hydrogens (tertiary/aromatic N) is 2. The van der Waals surface area contributed by atoms with Crippen LogP contribution in [-0.2, 0) is 9.59 Å². The normalized spacial score (nSPS) is 10.0. The largest absolute Gasteiger partial charge is 0.368 e. The second-order valence-corrected chi connectivity index (χ2v) is 4.35. The molecule has 1 aromatic heterocycles. The highest BCUT2D eigenvalue weighted by Gasteiger charge is 2.23. The first-order valence-electron chi connectivity index (χ1n) is 4.99. The van der Waals surface area contributed by atoms with Gasteiger partial charge in [-0.15, -0.1) is 0 Å². The van der Waals surface area contributed by atoms with Crippen LogP contribution in [0.3, 0.4) is 0 Å². The number of carbonyl (C=O) groups is 3. The van der Waals surface area contributed by atoms with Gasteiger partial charge in [0.05, 0.1) is 5.02 Å². The van der Waals surface area contributed by atoms with Gasteiger partial charge < -0.3 is 16.4 Å². The average molecular weight is 305 g/mol. The summed E-state index contributed by atoms with van der Waals surface area (Å²) in [5.74, 6) is -2.36. The van der Waals surface area contributed by atoms with Crippen LogP contribution in [0.25, 0.3) is 0 Å². The molecule has 0 aliphatic rings. The van der Waals surface area contributed by atoms with E-state index in [1.165, 1.54) is 12.1 Å². The molecule has 0 saturated carbocycles. The van der Waals surface area contributed by atoms with Crippen LogP contribution >= 0.6 is 23.2 Å². The van der Waals surface area contributed by atoms with E-state index in [9.17, 15) is 14.4 Å². The molecule has 102 valence electrons. The highest BCUT2D eigenvalue weighted by Crippen LogP contribution is 2.18. The van der Waals surface area contributed by atoms with Gasteiger partial charge in [-0.3, -0.25) is 14.4 Å². The Labute approximate surface area is 118 Å². The van der Waals surface area contributed by atoms with Crippen molar-refractivity contribution in [1.82, 2.24) is 9.88 Å². The summed E-state index contributed by atoms with van der Waals surface area (Å²) in [7, 11) is 0. The zero-order chi connectivity index (χ0) is 14.6. The Hall–Kier alpha value is -1.86. The number of halogens is 2. The number of aromatic nitrogens is 1. The van der Waals surface area contributed by atoms with Crippen molar-refractivity contribution >= 4 is 40.9 Å². The van der Waals surface area contributed by atoms with Crippen LogP contribution in [0.5, 0.6) is 0 Å². The third-order valence-corrected chi connectivity index (χ3v) is 2.51. The predicted octanol–water partition coefficient (Wildman–Crippen LogP) is -0.199. The second-order valence-electron chi connectivity index (χ2n) is 3.56.